The number of rotatable bonds is 0. The van der Waals surface area contributed by atoms with Gasteiger partial charge in [0.15, 0.2) is 0 Å². The summed E-state index contributed by atoms with van der Waals surface area (Å²) in [5, 5.41) is 8.92. The molecule has 0 atom stereocenters. The predicted octanol–water partition coefficient (Wildman–Crippen LogP) is 1.44. The highest BCUT2D eigenvalue weighted by Gasteiger charge is 1.98. The van der Waals surface area contributed by atoms with Gasteiger partial charge in [0.05, 0.1) is 3.57 Å². The molecule has 0 fully saturated rings. The fraction of sp³-hybridized carbons (Fsp3) is 0. The van der Waals surface area contributed by atoms with Gasteiger partial charge in [0, 0.05) is 6.20 Å². The Morgan fingerprint density at radius 1 is 1.67 bits per heavy atom. The van der Waals surface area contributed by atoms with Gasteiger partial charge in [-0.1, -0.05) is 0 Å². The van der Waals surface area contributed by atoms with Crippen molar-refractivity contribution in [3.63, 3.8) is 0 Å². The average Bonchev–Trinajstić information content (AvgIpc) is 1.80. The maximum Gasteiger partial charge on any atom is 0.229 e. The Labute approximate surface area is 70.2 Å². The minimum absolute atomic E-state index is 0.0629. The molecule has 0 spiro atoms. The molecule has 0 aromatic carbocycles. The van der Waals surface area contributed by atoms with E-state index in [-0.39, 0.29) is 11.2 Å². The van der Waals surface area contributed by atoms with E-state index in [1.54, 1.807) is 0 Å². The molecule has 0 aliphatic rings. The van der Waals surface area contributed by atoms with Crippen LogP contribution in [0.15, 0.2) is 6.20 Å². The second-order valence-corrected chi connectivity index (χ2v) is 2.81. The lowest BCUT2D eigenvalue weighted by atomic mass is 10.6. The molecule has 1 heterocycles. The van der Waals surface area contributed by atoms with Gasteiger partial charge in [-0.05, 0) is 34.2 Å². The summed E-state index contributed by atoms with van der Waals surface area (Å²) in [5.74, 6) is -0.0735. The third kappa shape index (κ3) is 1.65. The fourth-order valence-corrected chi connectivity index (χ4v) is 0.726. The predicted molar refractivity (Wildman–Crippen MR) is 41.4 cm³/mol. The van der Waals surface area contributed by atoms with E-state index in [2.05, 4.69) is 9.97 Å². The van der Waals surface area contributed by atoms with E-state index in [0.29, 0.717) is 3.57 Å². The minimum atomic E-state index is -0.0735. The number of nitrogens with zero attached hydrogens (tertiary/aromatic N) is 2. The van der Waals surface area contributed by atoms with Crippen molar-refractivity contribution in [1.82, 2.24) is 9.97 Å². The van der Waals surface area contributed by atoms with Gasteiger partial charge in [-0.25, -0.2) is 4.98 Å². The summed E-state index contributed by atoms with van der Waals surface area (Å²) < 4.78 is 0.594. The summed E-state index contributed by atoms with van der Waals surface area (Å²) >= 11 is 7.24. The second-order valence-electron chi connectivity index (χ2n) is 1.31. The third-order valence-electron chi connectivity index (χ3n) is 0.696. The van der Waals surface area contributed by atoms with Crippen LogP contribution in [-0.2, 0) is 0 Å². The molecule has 1 aromatic rings. The Balaban J connectivity index is 3.17. The molecule has 1 N–H and O–H groups in total. The Hall–Kier alpha value is -0.100. The molecule has 0 aliphatic carbocycles. The fourth-order valence-electron chi connectivity index (χ4n) is 0.337. The number of aromatic nitrogens is 2. The van der Waals surface area contributed by atoms with Crippen LogP contribution in [0.1, 0.15) is 0 Å². The Morgan fingerprint density at radius 2 is 2.33 bits per heavy atom. The molecule has 9 heavy (non-hydrogen) atoms. The largest absolute Gasteiger partial charge is 0.492 e. The van der Waals surface area contributed by atoms with Crippen LogP contribution in [0.5, 0.6) is 5.88 Å². The molecule has 0 radical (unpaired) electrons. The quantitative estimate of drug-likeness (QED) is 0.564. The highest BCUT2D eigenvalue weighted by Crippen LogP contribution is 2.15. The lowest BCUT2D eigenvalue weighted by Crippen LogP contribution is -1.83. The SMILES string of the molecule is Oc1nc(Cl)ncc1I. The monoisotopic (exact) mass is 256 g/mol. The number of aromatic hydroxyl groups is 1. The normalized spacial score (nSPS) is 9.56. The lowest BCUT2D eigenvalue weighted by Gasteiger charge is -1.92. The second kappa shape index (κ2) is 2.66. The molecule has 1 rings (SSSR count). The number of halogens is 2. The molecular formula is C4H2ClIN2O. The Morgan fingerprint density at radius 3 is 2.78 bits per heavy atom. The van der Waals surface area contributed by atoms with E-state index in [9.17, 15) is 0 Å². The first kappa shape index (κ1) is 7.01. The summed E-state index contributed by atoms with van der Waals surface area (Å²) in [6, 6.07) is 0. The topological polar surface area (TPSA) is 46.0 Å². The van der Waals surface area contributed by atoms with E-state index in [4.69, 9.17) is 16.7 Å². The zero-order chi connectivity index (χ0) is 6.85. The molecule has 0 aliphatic heterocycles. The van der Waals surface area contributed by atoms with Gasteiger partial charge < -0.3 is 5.11 Å². The van der Waals surface area contributed by atoms with Crippen molar-refractivity contribution in [3.8, 4) is 5.88 Å². The first-order valence-electron chi connectivity index (χ1n) is 2.07. The zero-order valence-electron chi connectivity index (χ0n) is 4.17. The smallest absolute Gasteiger partial charge is 0.229 e. The highest BCUT2D eigenvalue weighted by molar-refractivity contribution is 14.1. The molecule has 3 nitrogen and oxygen atoms in total. The Kier molecular flexibility index (Phi) is 2.07. The summed E-state index contributed by atoms with van der Waals surface area (Å²) in [6.07, 6.45) is 1.45. The van der Waals surface area contributed by atoms with E-state index in [0.717, 1.165) is 0 Å². The van der Waals surface area contributed by atoms with Crippen LogP contribution in [-0.4, -0.2) is 15.1 Å². The standard InChI is InChI=1S/C4H2ClIN2O/c5-4-7-1-2(6)3(9)8-4/h1H,(H,7,8,9). The van der Waals surface area contributed by atoms with Crippen molar-refractivity contribution in [3.05, 3.63) is 15.1 Å². The molecular weight excluding hydrogens is 254 g/mol. The third-order valence-corrected chi connectivity index (χ3v) is 1.64. The van der Waals surface area contributed by atoms with Crippen LogP contribution >= 0.6 is 34.2 Å². The van der Waals surface area contributed by atoms with E-state index >= 15 is 0 Å². The molecule has 0 amide bonds. The van der Waals surface area contributed by atoms with Crippen LogP contribution < -0.4 is 0 Å². The van der Waals surface area contributed by atoms with Gasteiger partial charge in [-0.2, -0.15) is 4.98 Å². The van der Waals surface area contributed by atoms with Gasteiger partial charge in [0.25, 0.3) is 0 Å². The first-order valence-corrected chi connectivity index (χ1v) is 3.53. The number of hydrogen-bond acceptors (Lipinski definition) is 3. The molecule has 0 bridgehead atoms. The molecule has 5 heteroatoms. The van der Waals surface area contributed by atoms with Crippen molar-refractivity contribution in [2.75, 3.05) is 0 Å². The zero-order valence-corrected chi connectivity index (χ0v) is 7.09. The summed E-state index contributed by atoms with van der Waals surface area (Å²) in [6.45, 7) is 0. The Bertz CT molecular complexity index is 230. The molecule has 1 aromatic heterocycles. The van der Waals surface area contributed by atoms with Crippen molar-refractivity contribution in [1.29, 1.82) is 0 Å². The van der Waals surface area contributed by atoms with Crippen LogP contribution in [0.25, 0.3) is 0 Å². The van der Waals surface area contributed by atoms with Crippen molar-refractivity contribution >= 4 is 34.2 Å². The lowest BCUT2D eigenvalue weighted by molar-refractivity contribution is 0.448. The van der Waals surface area contributed by atoms with Gasteiger partial charge in [-0.3, -0.25) is 0 Å². The average molecular weight is 256 g/mol. The molecule has 48 valence electrons. The molecule has 0 saturated carbocycles. The minimum Gasteiger partial charge on any atom is -0.492 e. The maximum atomic E-state index is 8.86. The van der Waals surface area contributed by atoms with E-state index < -0.39 is 0 Å². The van der Waals surface area contributed by atoms with E-state index in [1.807, 2.05) is 22.6 Å². The van der Waals surface area contributed by atoms with Crippen molar-refractivity contribution < 1.29 is 5.11 Å². The highest BCUT2D eigenvalue weighted by atomic mass is 127. The molecule has 0 saturated heterocycles. The van der Waals surface area contributed by atoms with Crippen molar-refractivity contribution in [2.24, 2.45) is 0 Å². The van der Waals surface area contributed by atoms with Crippen LogP contribution in [0.2, 0.25) is 5.28 Å². The number of hydrogen-bond donors (Lipinski definition) is 1. The van der Waals surface area contributed by atoms with Crippen LogP contribution in [0.3, 0.4) is 0 Å². The summed E-state index contributed by atoms with van der Waals surface area (Å²) in [4.78, 5) is 7.10. The molecule has 0 unspecified atom stereocenters. The van der Waals surface area contributed by atoms with Gasteiger partial charge in [0.1, 0.15) is 0 Å². The van der Waals surface area contributed by atoms with Gasteiger partial charge in [-0.15, -0.1) is 0 Å². The summed E-state index contributed by atoms with van der Waals surface area (Å²) in [5.41, 5.74) is 0. The van der Waals surface area contributed by atoms with Crippen LogP contribution in [0, 0.1) is 3.57 Å². The van der Waals surface area contributed by atoms with Gasteiger partial charge >= 0.3 is 0 Å². The first-order chi connectivity index (χ1) is 4.20. The van der Waals surface area contributed by atoms with Gasteiger partial charge in [0.2, 0.25) is 11.2 Å². The maximum absolute atomic E-state index is 8.86. The summed E-state index contributed by atoms with van der Waals surface area (Å²) in [7, 11) is 0. The van der Waals surface area contributed by atoms with E-state index in [1.165, 1.54) is 6.20 Å². The van der Waals surface area contributed by atoms with Crippen molar-refractivity contribution in [2.45, 2.75) is 0 Å². The van der Waals surface area contributed by atoms with Crippen LogP contribution in [0.4, 0.5) is 0 Å².